The zero-order chi connectivity index (χ0) is 33.7. The van der Waals surface area contributed by atoms with E-state index in [-0.39, 0.29) is 0 Å². The third-order valence-corrected chi connectivity index (χ3v) is 9.69. The molecule has 5 heteroatoms. The third kappa shape index (κ3) is 4.78. The molecular weight excluding hydrogens is 623 g/mol. The van der Waals surface area contributed by atoms with Gasteiger partial charge in [0.1, 0.15) is 0 Å². The summed E-state index contributed by atoms with van der Waals surface area (Å²) in [6.07, 6.45) is 1.88. The minimum absolute atomic E-state index is 0.625. The van der Waals surface area contributed by atoms with E-state index < -0.39 is 0 Å². The van der Waals surface area contributed by atoms with Crippen LogP contribution in [0.4, 0.5) is 0 Å². The van der Waals surface area contributed by atoms with Gasteiger partial charge in [0, 0.05) is 39.5 Å². The maximum Gasteiger partial charge on any atom is 0.164 e. The number of fused-ring (bicyclic) bond motifs is 5. The number of hydrogen-bond donors (Lipinski definition) is 0. The zero-order valence-electron chi connectivity index (χ0n) is 27.5. The Kier molecular flexibility index (Phi) is 6.74. The van der Waals surface area contributed by atoms with Gasteiger partial charge in [-0.25, -0.2) is 15.0 Å². The molecule has 6 aromatic carbocycles. The van der Waals surface area contributed by atoms with Crippen LogP contribution in [0.15, 0.2) is 176 Å². The molecule has 3 heterocycles. The molecule has 0 aliphatic heterocycles. The van der Waals surface area contributed by atoms with Crippen molar-refractivity contribution in [1.29, 1.82) is 0 Å². The van der Waals surface area contributed by atoms with Crippen molar-refractivity contribution in [2.24, 2.45) is 0 Å². The summed E-state index contributed by atoms with van der Waals surface area (Å²) in [4.78, 5) is 19.8. The molecule has 0 radical (unpaired) electrons. The number of rotatable bonds is 5. The quantitative estimate of drug-likeness (QED) is 0.186. The average Bonchev–Trinajstić information content (AvgIpc) is 3.51. The van der Waals surface area contributed by atoms with Gasteiger partial charge < -0.3 is 4.57 Å². The van der Waals surface area contributed by atoms with Crippen LogP contribution in [0.1, 0.15) is 0 Å². The van der Waals surface area contributed by atoms with Crippen molar-refractivity contribution in [2.45, 2.75) is 0 Å². The smallest absolute Gasteiger partial charge is 0.164 e. The van der Waals surface area contributed by atoms with Crippen LogP contribution in [-0.2, 0) is 0 Å². The van der Waals surface area contributed by atoms with Crippen LogP contribution in [-0.4, -0.2) is 24.5 Å². The van der Waals surface area contributed by atoms with Crippen molar-refractivity contribution in [3.63, 3.8) is 0 Å². The summed E-state index contributed by atoms with van der Waals surface area (Å²) in [7, 11) is 0. The first kappa shape index (κ1) is 29.0. The first-order chi connectivity index (χ1) is 25.3. The highest BCUT2D eigenvalue weighted by Crippen LogP contribution is 2.52. The van der Waals surface area contributed by atoms with Crippen LogP contribution in [0.25, 0.3) is 95.5 Å². The number of hydrogen-bond acceptors (Lipinski definition) is 4. The van der Waals surface area contributed by atoms with Crippen LogP contribution in [0, 0.1) is 0 Å². The van der Waals surface area contributed by atoms with Gasteiger partial charge in [-0.3, -0.25) is 4.98 Å². The monoisotopic (exact) mass is 651 g/mol. The summed E-state index contributed by atoms with van der Waals surface area (Å²) in [6.45, 7) is 0. The predicted octanol–water partition coefficient (Wildman–Crippen LogP) is 11.2. The van der Waals surface area contributed by atoms with Gasteiger partial charge >= 0.3 is 0 Å². The first-order valence-electron chi connectivity index (χ1n) is 17.1. The lowest BCUT2D eigenvalue weighted by atomic mass is 9.93. The zero-order valence-corrected chi connectivity index (χ0v) is 27.5. The molecular formula is C46H29N5. The Morgan fingerprint density at radius 3 is 1.45 bits per heavy atom. The van der Waals surface area contributed by atoms with Crippen molar-refractivity contribution in [3.8, 4) is 84.6 Å². The lowest BCUT2D eigenvalue weighted by Crippen LogP contribution is -2.01. The second-order valence-corrected chi connectivity index (χ2v) is 12.7. The van der Waals surface area contributed by atoms with Crippen LogP contribution >= 0.6 is 0 Å². The van der Waals surface area contributed by atoms with Crippen molar-refractivity contribution in [3.05, 3.63) is 176 Å². The van der Waals surface area contributed by atoms with E-state index in [1.807, 2.05) is 72.9 Å². The molecule has 0 unspecified atom stereocenters. The molecule has 10 rings (SSSR count). The Bertz CT molecular complexity index is 2660. The van der Waals surface area contributed by atoms with Crippen LogP contribution in [0.2, 0.25) is 0 Å². The molecule has 0 spiro atoms. The molecule has 0 saturated heterocycles. The van der Waals surface area contributed by atoms with E-state index in [4.69, 9.17) is 19.9 Å². The fourth-order valence-corrected chi connectivity index (χ4v) is 7.43. The van der Waals surface area contributed by atoms with Crippen molar-refractivity contribution in [2.75, 3.05) is 0 Å². The number of benzene rings is 6. The number of pyridine rings is 1. The average molecular weight is 652 g/mol. The van der Waals surface area contributed by atoms with Crippen molar-refractivity contribution >= 4 is 10.9 Å². The highest BCUT2D eigenvalue weighted by molar-refractivity contribution is 6.17. The molecule has 0 fully saturated rings. The summed E-state index contributed by atoms with van der Waals surface area (Å²) < 4.78 is 2.36. The lowest BCUT2D eigenvalue weighted by Gasteiger charge is -2.16. The molecule has 0 N–H and O–H groups in total. The maximum atomic E-state index is 4.97. The number of nitrogens with zero attached hydrogens (tertiary/aromatic N) is 5. The molecule has 0 bridgehead atoms. The second kappa shape index (κ2) is 11.9. The maximum absolute atomic E-state index is 4.97. The van der Waals surface area contributed by atoms with Gasteiger partial charge in [0.05, 0.1) is 16.9 Å². The molecule has 1 aliphatic rings. The molecule has 0 saturated carbocycles. The lowest BCUT2D eigenvalue weighted by molar-refractivity contribution is 1.07. The normalized spacial score (nSPS) is 11.5. The number of aromatic nitrogens is 5. The summed E-state index contributed by atoms with van der Waals surface area (Å²) >= 11 is 0. The van der Waals surface area contributed by atoms with Crippen molar-refractivity contribution < 1.29 is 0 Å². The van der Waals surface area contributed by atoms with Crippen LogP contribution in [0.5, 0.6) is 0 Å². The molecule has 0 amide bonds. The fraction of sp³-hybridized carbons (Fsp3) is 0. The minimum atomic E-state index is 0.625. The van der Waals surface area contributed by atoms with Crippen LogP contribution < -0.4 is 0 Å². The predicted molar refractivity (Wildman–Crippen MR) is 206 cm³/mol. The Hall–Kier alpha value is -6.98. The van der Waals surface area contributed by atoms with Crippen LogP contribution in [0.3, 0.4) is 0 Å². The van der Waals surface area contributed by atoms with E-state index in [9.17, 15) is 0 Å². The molecule has 5 nitrogen and oxygen atoms in total. The Morgan fingerprint density at radius 2 is 0.863 bits per heavy atom. The molecule has 3 aromatic heterocycles. The first-order valence-corrected chi connectivity index (χ1v) is 17.1. The highest BCUT2D eigenvalue weighted by atomic mass is 15.0. The topological polar surface area (TPSA) is 56.5 Å². The van der Waals surface area contributed by atoms with Gasteiger partial charge in [-0.2, -0.15) is 0 Å². The van der Waals surface area contributed by atoms with E-state index in [1.54, 1.807) is 0 Å². The largest absolute Gasteiger partial charge is 0.307 e. The van der Waals surface area contributed by atoms with E-state index >= 15 is 0 Å². The Labute approximate surface area is 295 Å². The molecule has 51 heavy (non-hydrogen) atoms. The highest BCUT2D eigenvalue weighted by Gasteiger charge is 2.29. The standard InChI is InChI=1S/C46H29N5/c1-3-14-30(15-4-1)44-48-45(31-16-5-2-6-17-31)50-46(49-44)32-25-27-33(28-26-32)51-40-24-13-22-37-35-19-8-7-18-34(35)36-20-9-10-21-38(36)42(41(37)40)43(51)39-23-11-12-29-47-39/h1-29H. The van der Waals surface area contributed by atoms with Gasteiger partial charge in [-0.05, 0) is 70.3 Å². The Morgan fingerprint density at radius 1 is 0.373 bits per heavy atom. The summed E-state index contributed by atoms with van der Waals surface area (Å²) in [5, 5.41) is 1.22. The summed E-state index contributed by atoms with van der Waals surface area (Å²) in [5.74, 6) is 1.91. The van der Waals surface area contributed by atoms with Gasteiger partial charge in [0.2, 0.25) is 0 Å². The van der Waals surface area contributed by atoms with Gasteiger partial charge in [-0.1, -0.05) is 127 Å². The molecule has 238 valence electrons. The van der Waals surface area contributed by atoms with Gasteiger partial charge in [0.25, 0.3) is 0 Å². The molecule has 1 aliphatic carbocycles. The fourth-order valence-electron chi connectivity index (χ4n) is 7.43. The minimum Gasteiger partial charge on any atom is -0.307 e. The van der Waals surface area contributed by atoms with E-state index in [2.05, 4.69) is 108 Å². The van der Waals surface area contributed by atoms with E-state index in [1.165, 1.54) is 38.8 Å². The third-order valence-electron chi connectivity index (χ3n) is 9.69. The Balaban J connectivity index is 1.20. The van der Waals surface area contributed by atoms with Gasteiger partial charge in [0.15, 0.2) is 17.5 Å². The SMILES string of the molecule is c1ccc(-c2nc(-c3ccccc3)nc(-c3ccc(-n4c(-c5ccccn5)c5c6c(cccc64)-c4ccccc4-c4ccccc4-5)cc3)n2)cc1. The second-order valence-electron chi connectivity index (χ2n) is 12.7. The van der Waals surface area contributed by atoms with Crippen molar-refractivity contribution in [1.82, 2.24) is 24.5 Å². The summed E-state index contributed by atoms with van der Waals surface area (Å²) in [6, 6.07) is 59.0. The molecule has 0 atom stereocenters. The van der Waals surface area contributed by atoms with E-state index in [0.717, 1.165) is 39.3 Å². The summed E-state index contributed by atoms with van der Waals surface area (Å²) in [5.41, 5.74) is 14.2. The molecule has 9 aromatic rings. The van der Waals surface area contributed by atoms with E-state index in [0.29, 0.717) is 17.5 Å². The van der Waals surface area contributed by atoms with Gasteiger partial charge in [-0.15, -0.1) is 0 Å².